The van der Waals surface area contributed by atoms with Crippen LogP contribution in [0.25, 0.3) is 0 Å². The largest absolute Gasteiger partial charge is 0.475 e. The Hall–Kier alpha value is -1.66. The maximum atomic E-state index is 12.8. The van der Waals surface area contributed by atoms with Gasteiger partial charge in [0.1, 0.15) is 12.2 Å². The maximum Gasteiger partial charge on any atom is 0.259 e. The van der Waals surface area contributed by atoms with E-state index >= 15 is 0 Å². The number of pyridine rings is 1. The van der Waals surface area contributed by atoms with Gasteiger partial charge < -0.3 is 19.3 Å². The zero-order chi connectivity index (χ0) is 16.1. The first-order valence-corrected chi connectivity index (χ1v) is 7.57. The Morgan fingerprint density at radius 3 is 2.82 bits per heavy atom. The van der Waals surface area contributed by atoms with Crippen LogP contribution in [0.4, 0.5) is 0 Å². The summed E-state index contributed by atoms with van der Waals surface area (Å²) >= 11 is 0. The predicted octanol–water partition coefficient (Wildman–Crippen LogP) is 1.13. The first-order chi connectivity index (χ1) is 10.5. The lowest BCUT2D eigenvalue weighted by Gasteiger charge is -2.22. The Kier molecular flexibility index (Phi) is 5.74. The highest BCUT2D eigenvalue weighted by Gasteiger charge is 2.34. The van der Waals surface area contributed by atoms with Crippen LogP contribution in [0, 0.1) is 5.92 Å². The van der Waals surface area contributed by atoms with Crippen molar-refractivity contribution in [1.29, 1.82) is 0 Å². The number of carbonyl (C=O) groups excluding carboxylic acids is 1. The van der Waals surface area contributed by atoms with Crippen LogP contribution in [-0.4, -0.2) is 74.2 Å². The van der Waals surface area contributed by atoms with E-state index in [1.165, 1.54) is 0 Å². The highest BCUT2D eigenvalue weighted by atomic mass is 16.5. The molecule has 0 radical (unpaired) electrons. The fourth-order valence-corrected chi connectivity index (χ4v) is 2.85. The SMILES string of the molecule is COCCOc1ncccc1C(=O)N1CC(C)C(N(C)C)C1. The van der Waals surface area contributed by atoms with Crippen molar-refractivity contribution < 1.29 is 14.3 Å². The van der Waals surface area contributed by atoms with Crippen LogP contribution in [0.5, 0.6) is 5.88 Å². The fraction of sp³-hybridized carbons (Fsp3) is 0.625. The van der Waals surface area contributed by atoms with Gasteiger partial charge in [-0.05, 0) is 32.1 Å². The monoisotopic (exact) mass is 307 g/mol. The fourth-order valence-electron chi connectivity index (χ4n) is 2.85. The van der Waals surface area contributed by atoms with Crippen molar-refractivity contribution in [2.75, 3.05) is 47.5 Å². The second kappa shape index (κ2) is 7.56. The Morgan fingerprint density at radius 2 is 2.18 bits per heavy atom. The van der Waals surface area contributed by atoms with Crippen LogP contribution in [0.2, 0.25) is 0 Å². The van der Waals surface area contributed by atoms with Gasteiger partial charge >= 0.3 is 0 Å². The van der Waals surface area contributed by atoms with E-state index in [0.29, 0.717) is 36.6 Å². The lowest BCUT2D eigenvalue weighted by atomic mass is 10.1. The molecule has 2 atom stereocenters. The zero-order valence-electron chi connectivity index (χ0n) is 13.8. The summed E-state index contributed by atoms with van der Waals surface area (Å²) in [5.41, 5.74) is 0.519. The summed E-state index contributed by atoms with van der Waals surface area (Å²) in [5, 5.41) is 0. The molecule has 0 saturated carbocycles. The van der Waals surface area contributed by atoms with Crippen LogP contribution in [0.15, 0.2) is 18.3 Å². The molecule has 22 heavy (non-hydrogen) atoms. The van der Waals surface area contributed by atoms with Crippen LogP contribution < -0.4 is 4.74 Å². The summed E-state index contributed by atoms with van der Waals surface area (Å²) in [5.74, 6) is 0.815. The number of amides is 1. The molecular weight excluding hydrogens is 282 g/mol. The van der Waals surface area contributed by atoms with Gasteiger partial charge in [-0.1, -0.05) is 6.92 Å². The van der Waals surface area contributed by atoms with Gasteiger partial charge in [-0.25, -0.2) is 4.98 Å². The first-order valence-electron chi connectivity index (χ1n) is 7.57. The molecule has 0 N–H and O–H groups in total. The lowest BCUT2D eigenvalue weighted by Crippen LogP contribution is -2.36. The topological polar surface area (TPSA) is 54.9 Å². The average molecular weight is 307 g/mol. The number of likely N-dealkylation sites (tertiary alicyclic amines) is 1. The van der Waals surface area contributed by atoms with Gasteiger partial charge in [-0.2, -0.15) is 0 Å². The minimum atomic E-state index is -0.0169. The number of hydrogen-bond acceptors (Lipinski definition) is 5. The van der Waals surface area contributed by atoms with E-state index in [-0.39, 0.29) is 5.91 Å². The number of methoxy groups -OCH3 is 1. The van der Waals surface area contributed by atoms with Gasteiger partial charge in [-0.15, -0.1) is 0 Å². The normalized spacial score (nSPS) is 21.4. The minimum absolute atomic E-state index is 0.0169. The molecule has 2 heterocycles. The summed E-state index contributed by atoms with van der Waals surface area (Å²) in [6.07, 6.45) is 1.63. The van der Waals surface area contributed by atoms with Gasteiger partial charge in [0, 0.05) is 32.4 Å². The summed E-state index contributed by atoms with van der Waals surface area (Å²) in [7, 11) is 5.72. The Bertz CT molecular complexity index is 507. The molecule has 2 unspecified atom stereocenters. The van der Waals surface area contributed by atoms with E-state index < -0.39 is 0 Å². The molecule has 1 aromatic heterocycles. The second-order valence-corrected chi connectivity index (χ2v) is 5.92. The second-order valence-electron chi connectivity index (χ2n) is 5.92. The molecule has 122 valence electrons. The van der Waals surface area contributed by atoms with Crippen molar-refractivity contribution in [2.24, 2.45) is 5.92 Å². The van der Waals surface area contributed by atoms with Crippen molar-refractivity contribution in [2.45, 2.75) is 13.0 Å². The number of likely N-dealkylation sites (N-methyl/N-ethyl adjacent to an activating group) is 1. The molecule has 0 aliphatic carbocycles. The van der Waals surface area contributed by atoms with Gasteiger partial charge in [0.05, 0.1) is 6.61 Å². The van der Waals surface area contributed by atoms with Crippen molar-refractivity contribution in [3.8, 4) is 5.88 Å². The number of aromatic nitrogens is 1. The molecule has 0 aromatic carbocycles. The van der Waals surface area contributed by atoms with Crippen LogP contribution in [-0.2, 0) is 4.74 Å². The van der Waals surface area contributed by atoms with E-state index in [0.717, 1.165) is 13.1 Å². The number of rotatable bonds is 6. The highest BCUT2D eigenvalue weighted by molar-refractivity contribution is 5.96. The van der Waals surface area contributed by atoms with E-state index in [2.05, 4.69) is 30.9 Å². The third kappa shape index (κ3) is 3.75. The summed E-state index contributed by atoms with van der Waals surface area (Å²) in [4.78, 5) is 21.0. The zero-order valence-corrected chi connectivity index (χ0v) is 13.8. The first kappa shape index (κ1) is 16.7. The van der Waals surface area contributed by atoms with Gasteiger partial charge in [0.15, 0.2) is 0 Å². The van der Waals surface area contributed by atoms with Crippen molar-refractivity contribution >= 4 is 5.91 Å². The molecule has 1 aliphatic heterocycles. The Morgan fingerprint density at radius 1 is 1.41 bits per heavy atom. The highest BCUT2D eigenvalue weighted by Crippen LogP contribution is 2.24. The Balaban J connectivity index is 2.10. The molecule has 1 aromatic rings. The van der Waals surface area contributed by atoms with E-state index in [1.54, 1.807) is 25.4 Å². The van der Waals surface area contributed by atoms with E-state index in [1.807, 2.05) is 4.90 Å². The smallest absolute Gasteiger partial charge is 0.259 e. The van der Waals surface area contributed by atoms with Crippen molar-refractivity contribution in [3.63, 3.8) is 0 Å². The summed E-state index contributed by atoms with van der Waals surface area (Å²) in [6, 6.07) is 3.92. The predicted molar refractivity (Wildman–Crippen MR) is 84.2 cm³/mol. The van der Waals surface area contributed by atoms with E-state index in [9.17, 15) is 4.79 Å². The van der Waals surface area contributed by atoms with E-state index in [4.69, 9.17) is 9.47 Å². The number of carbonyl (C=O) groups is 1. The maximum absolute atomic E-state index is 12.8. The third-order valence-electron chi connectivity index (χ3n) is 4.05. The average Bonchev–Trinajstić information content (AvgIpc) is 2.89. The molecule has 1 fully saturated rings. The Labute approximate surface area is 132 Å². The number of ether oxygens (including phenoxy) is 2. The lowest BCUT2D eigenvalue weighted by molar-refractivity contribution is 0.0772. The summed E-state index contributed by atoms with van der Waals surface area (Å²) < 4.78 is 10.5. The van der Waals surface area contributed by atoms with Crippen LogP contribution in [0.1, 0.15) is 17.3 Å². The molecular formula is C16H25N3O3. The molecule has 2 rings (SSSR count). The van der Waals surface area contributed by atoms with Gasteiger partial charge in [0.25, 0.3) is 5.91 Å². The molecule has 0 spiro atoms. The van der Waals surface area contributed by atoms with Gasteiger partial charge in [-0.3, -0.25) is 4.79 Å². The van der Waals surface area contributed by atoms with Crippen molar-refractivity contribution in [1.82, 2.24) is 14.8 Å². The van der Waals surface area contributed by atoms with Gasteiger partial charge in [0.2, 0.25) is 5.88 Å². The van der Waals surface area contributed by atoms with Crippen molar-refractivity contribution in [3.05, 3.63) is 23.9 Å². The standard InChI is InChI=1S/C16H25N3O3/c1-12-10-19(11-14(12)18(2)3)16(20)13-6-5-7-17-15(13)22-9-8-21-4/h5-7,12,14H,8-11H2,1-4H3. The molecule has 6 nitrogen and oxygen atoms in total. The number of nitrogens with zero attached hydrogens (tertiary/aromatic N) is 3. The van der Waals surface area contributed by atoms with Crippen LogP contribution >= 0.6 is 0 Å². The summed E-state index contributed by atoms with van der Waals surface area (Å²) in [6.45, 7) is 4.52. The quantitative estimate of drug-likeness (QED) is 0.738. The molecule has 6 heteroatoms. The molecule has 1 saturated heterocycles. The van der Waals surface area contributed by atoms with Crippen LogP contribution in [0.3, 0.4) is 0 Å². The molecule has 1 amide bonds. The third-order valence-corrected chi connectivity index (χ3v) is 4.05. The number of hydrogen-bond donors (Lipinski definition) is 0. The molecule has 1 aliphatic rings. The molecule has 0 bridgehead atoms. The minimum Gasteiger partial charge on any atom is -0.475 e.